The second kappa shape index (κ2) is 8.17. The van der Waals surface area contributed by atoms with Gasteiger partial charge >= 0.3 is 0 Å². The highest BCUT2D eigenvalue weighted by Gasteiger charge is 2.15. The average Bonchev–Trinajstić information content (AvgIpc) is 2.96. The van der Waals surface area contributed by atoms with Gasteiger partial charge in [0.15, 0.2) is 5.82 Å². The van der Waals surface area contributed by atoms with Crippen molar-refractivity contribution in [3.8, 4) is 0 Å². The van der Waals surface area contributed by atoms with E-state index >= 15 is 0 Å². The normalized spacial score (nSPS) is 11.3. The molecule has 2 amide bonds. The Morgan fingerprint density at radius 1 is 1.19 bits per heavy atom. The number of nitrogens with one attached hydrogen (secondary N) is 1. The van der Waals surface area contributed by atoms with Gasteiger partial charge in [-0.15, -0.1) is 0 Å². The highest BCUT2D eigenvalue weighted by atomic mass is 16.5. The molecule has 26 heavy (non-hydrogen) atoms. The molecule has 1 aromatic carbocycles. The molecule has 1 aromatic heterocycles. The van der Waals surface area contributed by atoms with Crippen molar-refractivity contribution in [2.75, 3.05) is 18.9 Å². The minimum absolute atomic E-state index is 0.0201. The highest BCUT2D eigenvalue weighted by Crippen LogP contribution is 2.22. The summed E-state index contributed by atoms with van der Waals surface area (Å²) in [6.07, 6.45) is 1.01. The first-order valence-corrected chi connectivity index (χ1v) is 8.71. The number of rotatable bonds is 6. The Labute approximate surface area is 154 Å². The number of carbonyl (C=O) groups excluding carboxylic acids is 2. The van der Waals surface area contributed by atoms with Gasteiger partial charge in [-0.05, 0) is 29.9 Å². The van der Waals surface area contributed by atoms with Gasteiger partial charge in [-0.3, -0.25) is 9.59 Å². The molecular weight excluding hydrogens is 330 g/mol. The van der Waals surface area contributed by atoms with Crippen LogP contribution in [0.3, 0.4) is 0 Å². The molecule has 0 atom stereocenters. The van der Waals surface area contributed by atoms with E-state index in [9.17, 15) is 9.59 Å². The molecule has 0 aliphatic carbocycles. The van der Waals surface area contributed by atoms with Gasteiger partial charge < -0.3 is 14.7 Å². The molecule has 6 nitrogen and oxygen atoms in total. The molecule has 0 bridgehead atoms. The van der Waals surface area contributed by atoms with Crippen molar-refractivity contribution >= 4 is 17.6 Å². The summed E-state index contributed by atoms with van der Waals surface area (Å²) in [5.41, 5.74) is 2.50. The van der Waals surface area contributed by atoms with E-state index in [1.807, 2.05) is 0 Å². The minimum Gasteiger partial charge on any atom is -0.360 e. The standard InChI is InChI=1S/C20H27N3O3/c1-14-12-17(22-26-14)21-18(24)13-23(5)19(25)11-8-15-6-9-16(10-7-15)20(2,3)4/h6-7,9-10,12H,8,11,13H2,1-5H3,(H,21,22,24). The highest BCUT2D eigenvalue weighted by molar-refractivity contribution is 5.93. The number of likely N-dealkylation sites (N-methyl/N-ethyl adjacent to an activating group) is 1. The second-order valence-electron chi connectivity index (χ2n) is 7.57. The number of hydrogen-bond donors (Lipinski definition) is 1. The van der Waals surface area contributed by atoms with E-state index in [4.69, 9.17) is 4.52 Å². The van der Waals surface area contributed by atoms with Gasteiger partial charge in [-0.25, -0.2) is 0 Å². The number of benzene rings is 1. The van der Waals surface area contributed by atoms with Crippen molar-refractivity contribution in [1.29, 1.82) is 0 Å². The molecule has 2 rings (SSSR count). The van der Waals surface area contributed by atoms with Crippen LogP contribution < -0.4 is 5.32 Å². The van der Waals surface area contributed by atoms with E-state index in [-0.39, 0.29) is 23.8 Å². The van der Waals surface area contributed by atoms with Crippen LogP contribution in [0.5, 0.6) is 0 Å². The summed E-state index contributed by atoms with van der Waals surface area (Å²) >= 11 is 0. The van der Waals surface area contributed by atoms with Crippen molar-refractivity contribution in [3.63, 3.8) is 0 Å². The van der Waals surface area contributed by atoms with Crippen LogP contribution in [-0.4, -0.2) is 35.5 Å². The van der Waals surface area contributed by atoms with Crippen molar-refractivity contribution < 1.29 is 14.1 Å². The van der Waals surface area contributed by atoms with Crippen molar-refractivity contribution in [1.82, 2.24) is 10.1 Å². The number of carbonyl (C=O) groups is 2. The molecule has 1 N–H and O–H groups in total. The van der Waals surface area contributed by atoms with E-state index in [1.165, 1.54) is 10.5 Å². The molecule has 0 aliphatic rings. The van der Waals surface area contributed by atoms with Gasteiger partial charge in [-0.2, -0.15) is 0 Å². The summed E-state index contributed by atoms with van der Waals surface area (Å²) in [5.74, 6) is 0.592. The van der Waals surface area contributed by atoms with Crippen molar-refractivity contribution in [2.24, 2.45) is 0 Å². The Kier molecular flexibility index (Phi) is 6.18. The third-order valence-corrected chi connectivity index (χ3v) is 4.15. The molecule has 0 fully saturated rings. The molecule has 2 aromatic rings. The lowest BCUT2D eigenvalue weighted by Gasteiger charge is -2.19. The molecule has 140 valence electrons. The van der Waals surface area contributed by atoms with Crippen LogP contribution in [0.2, 0.25) is 0 Å². The Bertz CT molecular complexity index is 757. The molecule has 0 unspecified atom stereocenters. The first-order valence-electron chi connectivity index (χ1n) is 8.71. The van der Waals surface area contributed by atoms with Crippen LogP contribution >= 0.6 is 0 Å². The number of aromatic nitrogens is 1. The predicted octanol–water partition coefficient (Wildman–Crippen LogP) is 3.31. The van der Waals surface area contributed by atoms with Gasteiger partial charge in [0, 0.05) is 19.5 Å². The van der Waals surface area contributed by atoms with Crippen LogP contribution in [0.1, 0.15) is 44.1 Å². The number of aryl methyl sites for hydroxylation is 2. The first-order chi connectivity index (χ1) is 12.1. The van der Waals surface area contributed by atoms with Crippen LogP contribution in [0, 0.1) is 6.92 Å². The van der Waals surface area contributed by atoms with E-state index in [2.05, 4.69) is 55.5 Å². The first kappa shape index (κ1) is 19.7. The third-order valence-electron chi connectivity index (χ3n) is 4.15. The molecular formula is C20H27N3O3. The fourth-order valence-electron chi connectivity index (χ4n) is 2.52. The van der Waals surface area contributed by atoms with E-state index in [0.29, 0.717) is 24.4 Å². The SMILES string of the molecule is Cc1cc(NC(=O)CN(C)C(=O)CCc2ccc(C(C)(C)C)cc2)no1. The number of amides is 2. The Hall–Kier alpha value is -2.63. The lowest BCUT2D eigenvalue weighted by atomic mass is 9.86. The summed E-state index contributed by atoms with van der Waals surface area (Å²) in [6, 6.07) is 9.97. The monoisotopic (exact) mass is 357 g/mol. The third kappa shape index (κ3) is 5.72. The molecule has 0 spiro atoms. The van der Waals surface area contributed by atoms with E-state index in [0.717, 1.165) is 5.56 Å². The van der Waals surface area contributed by atoms with E-state index < -0.39 is 0 Å². The van der Waals surface area contributed by atoms with Crippen LogP contribution in [-0.2, 0) is 21.4 Å². The lowest BCUT2D eigenvalue weighted by molar-refractivity contribution is -0.133. The molecule has 1 heterocycles. The Morgan fingerprint density at radius 2 is 1.85 bits per heavy atom. The fraction of sp³-hybridized carbons (Fsp3) is 0.450. The Morgan fingerprint density at radius 3 is 2.38 bits per heavy atom. The minimum atomic E-state index is -0.302. The number of anilines is 1. The summed E-state index contributed by atoms with van der Waals surface area (Å²) in [7, 11) is 1.62. The lowest BCUT2D eigenvalue weighted by Crippen LogP contribution is -2.35. The maximum atomic E-state index is 12.2. The maximum absolute atomic E-state index is 12.2. The van der Waals surface area contributed by atoms with Crippen LogP contribution in [0.4, 0.5) is 5.82 Å². The zero-order valence-corrected chi connectivity index (χ0v) is 16.1. The maximum Gasteiger partial charge on any atom is 0.245 e. The zero-order valence-electron chi connectivity index (χ0n) is 16.1. The van der Waals surface area contributed by atoms with Crippen molar-refractivity contribution in [3.05, 3.63) is 47.2 Å². The van der Waals surface area contributed by atoms with Gasteiger partial charge in [0.1, 0.15) is 5.76 Å². The van der Waals surface area contributed by atoms with Crippen molar-refractivity contribution in [2.45, 2.75) is 46.0 Å². The second-order valence-corrected chi connectivity index (χ2v) is 7.57. The van der Waals surface area contributed by atoms with Gasteiger partial charge in [-0.1, -0.05) is 50.2 Å². The molecule has 0 saturated carbocycles. The van der Waals surface area contributed by atoms with E-state index in [1.54, 1.807) is 20.0 Å². The average molecular weight is 357 g/mol. The smallest absolute Gasteiger partial charge is 0.245 e. The zero-order chi connectivity index (χ0) is 19.3. The molecule has 0 radical (unpaired) electrons. The molecule has 0 aliphatic heterocycles. The largest absolute Gasteiger partial charge is 0.360 e. The summed E-state index contributed by atoms with van der Waals surface area (Å²) in [5, 5.41) is 6.30. The number of hydrogen-bond acceptors (Lipinski definition) is 4. The van der Waals surface area contributed by atoms with Gasteiger partial charge in [0.05, 0.1) is 6.54 Å². The van der Waals surface area contributed by atoms with Crippen LogP contribution in [0.15, 0.2) is 34.9 Å². The number of nitrogens with zero attached hydrogens (tertiary/aromatic N) is 2. The van der Waals surface area contributed by atoms with Gasteiger partial charge in [0.2, 0.25) is 11.8 Å². The quantitative estimate of drug-likeness (QED) is 0.860. The summed E-state index contributed by atoms with van der Waals surface area (Å²) < 4.78 is 4.89. The van der Waals surface area contributed by atoms with Gasteiger partial charge in [0.25, 0.3) is 0 Å². The molecule has 6 heteroatoms. The van der Waals surface area contributed by atoms with Crippen LogP contribution in [0.25, 0.3) is 0 Å². The fourth-order valence-corrected chi connectivity index (χ4v) is 2.52. The summed E-state index contributed by atoms with van der Waals surface area (Å²) in [6.45, 7) is 8.24. The Balaban J connectivity index is 1.80. The summed E-state index contributed by atoms with van der Waals surface area (Å²) in [4.78, 5) is 25.6. The predicted molar refractivity (Wildman–Crippen MR) is 101 cm³/mol. The topological polar surface area (TPSA) is 75.4 Å². The molecule has 0 saturated heterocycles.